The Morgan fingerprint density at radius 2 is 1.87 bits per heavy atom. The molecule has 0 atom stereocenters. The zero-order chi connectivity index (χ0) is 23.1. The van der Waals surface area contributed by atoms with Gasteiger partial charge in [0.2, 0.25) is 0 Å². The van der Waals surface area contributed by atoms with Crippen LogP contribution in [-0.4, -0.2) is 25.2 Å². The zero-order valence-electron chi connectivity index (χ0n) is 16.3. The second-order valence-electron chi connectivity index (χ2n) is 6.70. The Morgan fingerprint density at radius 3 is 2.39 bits per heavy atom. The van der Waals surface area contributed by atoms with Crippen molar-refractivity contribution >= 4 is 29.2 Å². The summed E-state index contributed by atoms with van der Waals surface area (Å²) in [6.07, 6.45) is -3.76. The monoisotopic (exact) mass is 473 g/mol. The molecule has 0 spiro atoms. The van der Waals surface area contributed by atoms with E-state index < -0.39 is 28.8 Å². The summed E-state index contributed by atoms with van der Waals surface area (Å²) >= 11 is 12.0. The molecule has 0 saturated heterocycles. The van der Waals surface area contributed by atoms with E-state index in [1.165, 1.54) is 29.7 Å². The number of rotatable bonds is 5. The fourth-order valence-corrected chi connectivity index (χ4v) is 3.62. The fraction of sp³-hybridized carbons (Fsp3) is 0.250. The van der Waals surface area contributed by atoms with E-state index in [0.717, 1.165) is 12.3 Å². The SMILES string of the molecule is CCn1c(Cn2cc(C(F)(F)F)nc2C)cc(=O)c(C(=O)O)c1-c1ccc(Cl)c(Cl)c1. The van der Waals surface area contributed by atoms with Gasteiger partial charge in [-0.3, -0.25) is 4.79 Å². The number of pyridine rings is 1. The molecule has 6 nitrogen and oxygen atoms in total. The third kappa shape index (κ3) is 4.47. The van der Waals surface area contributed by atoms with Crippen molar-refractivity contribution in [2.24, 2.45) is 0 Å². The Bertz CT molecular complexity index is 1230. The Morgan fingerprint density at radius 1 is 1.19 bits per heavy atom. The van der Waals surface area contributed by atoms with E-state index in [0.29, 0.717) is 11.3 Å². The average molecular weight is 474 g/mol. The predicted octanol–water partition coefficient (Wildman–Crippen LogP) is 5.11. The number of halogens is 5. The lowest BCUT2D eigenvalue weighted by Gasteiger charge is -2.20. The van der Waals surface area contributed by atoms with Gasteiger partial charge in [-0.15, -0.1) is 0 Å². The Balaban J connectivity index is 2.25. The van der Waals surface area contributed by atoms with Crippen molar-refractivity contribution in [2.45, 2.75) is 33.1 Å². The molecule has 1 aromatic carbocycles. The summed E-state index contributed by atoms with van der Waals surface area (Å²) in [4.78, 5) is 28.1. The van der Waals surface area contributed by atoms with E-state index in [-0.39, 0.29) is 34.7 Å². The predicted molar refractivity (Wildman–Crippen MR) is 110 cm³/mol. The van der Waals surface area contributed by atoms with Crippen LogP contribution in [0, 0.1) is 6.92 Å². The lowest BCUT2D eigenvalue weighted by atomic mass is 10.0. The number of alkyl halides is 3. The molecule has 11 heteroatoms. The Labute approximate surface area is 184 Å². The van der Waals surface area contributed by atoms with Crippen LogP contribution in [-0.2, 0) is 19.3 Å². The molecule has 1 N–H and O–H groups in total. The van der Waals surface area contributed by atoms with Gasteiger partial charge in [0.05, 0.1) is 22.3 Å². The summed E-state index contributed by atoms with van der Waals surface area (Å²) in [7, 11) is 0. The lowest BCUT2D eigenvalue weighted by Crippen LogP contribution is -2.24. The van der Waals surface area contributed by atoms with Crippen LogP contribution >= 0.6 is 23.2 Å². The molecule has 31 heavy (non-hydrogen) atoms. The number of aromatic nitrogens is 3. The number of hydrogen-bond acceptors (Lipinski definition) is 3. The molecule has 0 saturated carbocycles. The summed E-state index contributed by atoms with van der Waals surface area (Å²) in [5.74, 6) is -1.33. The molecular formula is C20H16Cl2F3N3O3. The van der Waals surface area contributed by atoms with Gasteiger partial charge >= 0.3 is 12.1 Å². The Hall–Kier alpha value is -2.78. The number of carboxylic acid groups (broad SMARTS) is 1. The number of nitrogens with zero attached hydrogens (tertiary/aromatic N) is 3. The molecule has 0 aliphatic heterocycles. The largest absolute Gasteiger partial charge is 0.477 e. The molecule has 0 unspecified atom stereocenters. The first kappa shape index (κ1) is 22.9. The maximum absolute atomic E-state index is 13.0. The standard InChI is InChI=1S/C20H16Cl2F3N3O3/c1-3-28-12(8-27-9-16(20(23,24)25)26-10(27)2)7-15(29)17(19(30)31)18(28)11-4-5-13(21)14(22)6-11/h4-7,9H,3,8H2,1-2H3,(H,30,31). The highest BCUT2D eigenvalue weighted by Crippen LogP contribution is 2.31. The lowest BCUT2D eigenvalue weighted by molar-refractivity contribution is -0.141. The number of imidazole rings is 1. The molecule has 2 aromatic heterocycles. The summed E-state index contributed by atoms with van der Waals surface area (Å²) in [6, 6.07) is 5.54. The number of carbonyl (C=O) groups is 1. The normalized spacial score (nSPS) is 11.7. The number of carboxylic acids is 1. The minimum Gasteiger partial charge on any atom is -0.477 e. The first-order chi connectivity index (χ1) is 14.4. The van der Waals surface area contributed by atoms with E-state index in [9.17, 15) is 27.9 Å². The van der Waals surface area contributed by atoms with E-state index in [2.05, 4.69) is 4.98 Å². The van der Waals surface area contributed by atoms with Crippen LogP contribution in [0.4, 0.5) is 13.2 Å². The smallest absolute Gasteiger partial charge is 0.434 e. The van der Waals surface area contributed by atoms with Gasteiger partial charge < -0.3 is 14.2 Å². The molecule has 0 aliphatic rings. The zero-order valence-corrected chi connectivity index (χ0v) is 17.8. The number of aryl methyl sites for hydroxylation is 1. The van der Waals surface area contributed by atoms with Gasteiger partial charge in [0.15, 0.2) is 11.1 Å². The van der Waals surface area contributed by atoms with Crippen LogP contribution in [0.2, 0.25) is 10.0 Å². The van der Waals surface area contributed by atoms with Crippen molar-refractivity contribution in [3.63, 3.8) is 0 Å². The van der Waals surface area contributed by atoms with E-state index in [4.69, 9.17) is 23.2 Å². The van der Waals surface area contributed by atoms with Gasteiger partial charge in [0.25, 0.3) is 0 Å². The molecule has 3 rings (SSSR count). The molecule has 0 fully saturated rings. The quantitative estimate of drug-likeness (QED) is 0.558. The maximum atomic E-state index is 13.0. The van der Waals surface area contributed by atoms with Crippen molar-refractivity contribution in [2.75, 3.05) is 0 Å². The van der Waals surface area contributed by atoms with Gasteiger partial charge in [0.1, 0.15) is 11.4 Å². The third-order valence-electron chi connectivity index (χ3n) is 4.72. The average Bonchev–Trinajstić information content (AvgIpc) is 3.04. The molecule has 0 amide bonds. The van der Waals surface area contributed by atoms with Crippen molar-refractivity contribution in [1.29, 1.82) is 0 Å². The molecule has 0 radical (unpaired) electrons. The van der Waals surface area contributed by atoms with Crippen molar-refractivity contribution in [1.82, 2.24) is 14.1 Å². The van der Waals surface area contributed by atoms with Gasteiger partial charge in [-0.1, -0.05) is 29.3 Å². The van der Waals surface area contributed by atoms with Gasteiger partial charge in [-0.25, -0.2) is 9.78 Å². The minimum atomic E-state index is -4.61. The number of hydrogen-bond donors (Lipinski definition) is 1. The minimum absolute atomic E-state index is 0.0879. The van der Waals surface area contributed by atoms with Crippen LogP contribution in [0.3, 0.4) is 0 Å². The molecule has 2 heterocycles. The van der Waals surface area contributed by atoms with Crippen LogP contribution in [0.5, 0.6) is 0 Å². The van der Waals surface area contributed by atoms with Crippen molar-refractivity contribution in [3.05, 3.63) is 73.5 Å². The summed E-state index contributed by atoms with van der Waals surface area (Å²) < 4.78 is 41.8. The number of benzene rings is 1. The van der Waals surface area contributed by atoms with Crippen LogP contribution < -0.4 is 5.43 Å². The molecule has 0 aliphatic carbocycles. The maximum Gasteiger partial charge on any atom is 0.434 e. The molecule has 3 aromatic rings. The fourth-order valence-electron chi connectivity index (χ4n) is 3.32. The van der Waals surface area contributed by atoms with E-state index >= 15 is 0 Å². The summed E-state index contributed by atoms with van der Waals surface area (Å²) in [5.41, 5.74) is -1.56. The van der Waals surface area contributed by atoms with Crippen LogP contribution in [0.15, 0.2) is 35.3 Å². The van der Waals surface area contributed by atoms with E-state index in [1.807, 2.05) is 0 Å². The van der Waals surface area contributed by atoms with Crippen molar-refractivity contribution < 1.29 is 23.1 Å². The summed E-state index contributed by atoms with van der Waals surface area (Å²) in [5, 5.41) is 10.1. The summed E-state index contributed by atoms with van der Waals surface area (Å²) in [6.45, 7) is 3.26. The van der Waals surface area contributed by atoms with Gasteiger partial charge in [-0.05, 0) is 26.0 Å². The van der Waals surface area contributed by atoms with Crippen LogP contribution in [0.1, 0.15) is 34.5 Å². The van der Waals surface area contributed by atoms with Crippen molar-refractivity contribution in [3.8, 4) is 11.3 Å². The van der Waals surface area contributed by atoms with Crippen LogP contribution in [0.25, 0.3) is 11.3 Å². The number of aromatic carboxylic acids is 1. The Kier molecular flexibility index (Phi) is 6.20. The van der Waals surface area contributed by atoms with Gasteiger partial charge in [-0.2, -0.15) is 13.2 Å². The second-order valence-corrected chi connectivity index (χ2v) is 7.52. The van der Waals surface area contributed by atoms with E-state index in [1.54, 1.807) is 11.5 Å². The molecule has 164 valence electrons. The first-order valence-electron chi connectivity index (χ1n) is 9.00. The first-order valence-corrected chi connectivity index (χ1v) is 9.76. The molecular weight excluding hydrogens is 458 g/mol. The van der Waals surface area contributed by atoms with Gasteiger partial charge in [0, 0.05) is 30.1 Å². The highest BCUT2D eigenvalue weighted by molar-refractivity contribution is 6.42. The topological polar surface area (TPSA) is 77.1 Å². The molecule has 0 bridgehead atoms. The highest BCUT2D eigenvalue weighted by atomic mass is 35.5. The third-order valence-corrected chi connectivity index (χ3v) is 5.46. The highest BCUT2D eigenvalue weighted by Gasteiger charge is 2.34. The second kappa shape index (κ2) is 8.39.